The summed E-state index contributed by atoms with van der Waals surface area (Å²) in [6.07, 6.45) is 0. The van der Waals surface area contributed by atoms with Gasteiger partial charge in [-0.25, -0.2) is 0 Å². The maximum Gasteiger partial charge on any atom is 0.307 e. The molecule has 0 bridgehead atoms. The van der Waals surface area contributed by atoms with Crippen molar-refractivity contribution in [2.24, 2.45) is 5.92 Å². The number of hydrogen-bond donors (Lipinski definition) is 1. The summed E-state index contributed by atoms with van der Waals surface area (Å²) in [5, 5.41) is 13.6. The van der Waals surface area contributed by atoms with Crippen LogP contribution in [-0.4, -0.2) is 21.2 Å². The Morgan fingerprint density at radius 1 is 1.38 bits per heavy atom. The Balaban J connectivity index is 1.97. The minimum atomic E-state index is -0.877. The standard InChI is InChI=1S/C14H15ClN2O3S/c1-8(9(2)14(18)19)13-16-12(17-20-13)7-21-11-5-3-10(15)4-6-11/h3-6,8-9H,7H2,1-2H3,(H,18,19). The zero-order chi connectivity index (χ0) is 15.4. The Kier molecular flexibility index (Phi) is 5.25. The Morgan fingerprint density at radius 2 is 2.05 bits per heavy atom. The largest absolute Gasteiger partial charge is 0.481 e. The fourth-order valence-corrected chi connectivity index (χ4v) is 2.49. The molecule has 0 saturated heterocycles. The van der Waals surface area contributed by atoms with Crippen molar-refractivity contribution in [3.8, 4) is 0 Å². The Labute approximate surface area is 131 Å². The molecule has 1 N–H and O–H groups in total. The molecule has 5 nitrogen and oxygen atoms in total. The number of carbonyl (C=O) groups is 1. The van der Waals surface area contributed by atoms with E-state index in [0.29, 0.717) is 22.5 Å². The number of aliphatic carboxylic acids is 1. The van der Waals surface area contributed by atoms with E-state index in [9.17, 15) is 4.79 Å². The van der Waals surface area contributed by atoms with Gasteiger partial charge < -0.3 is 9.63 Å². The van der Waals surface area contributed by atoms with E-state index in [-0.39, 0.29) is 5.92 Å². The van der Waals surface area contributed by atoms with Gasteiger partial charge in [0.05, 0.1) is 11.7 Å². The van der Waals surface area contributed by atoms with Crippen LogP contribution >= 0.6 is 23.4 Å². The van der Waals surface area contributed by atoms with Gasteiger partial charge in [-0.05, 0) is 24.3 Å². The second kappa shape index (κ2) is 6.95. The molecule has 0 radical (unpaired) electrons. The number of nitrogens with zero attached hydrogens (tertiary/aromatic N) is 2. The molecule has 2 aromatic rings. The SMILES string of the molecule is CC(C(=O)O)C(C)c1nc(CSc2ccc(Cl)cc2)no1. The van der Waals surface area contributed by atoms with E-state index in [4.69, 9.17) is 21.2 Å². The summed E-state index contributed by atoms with van der Waals surface area (Å²) in [6, 6.07) is 7.48. The highest BCUT2D eigenvalue weighted by Crippen LogP contribution is 2.26. The van der Waals surface area contributed by atoms with Gasteiger partial charge in [0, 0.05) is 15.8 Å². The first-order chi connectivity index (χ1) is 9.97. The normalized spacial score (nSPS) is 13.9. The van der Waals surface area contributed by atoms with Gasteiger partial charge in [0.2, 0.25) is 5.89 Å². The Morgan fingerprint density at radius 3 is 2.67 bits per heavy atom. The van der Waals surface area contributed by atoms with Crippen LogP contribution in [0.25, 0.3) is 0 Å². The molecule has 112 valence electrons. The van der Waals surface area contributed by atoms with Gasteiger partial charge in [-0.2, -0.15) is 4.98 Å². The summed E-state index contributed by atoms with van der Waals surface area (Å²) in [5.41, 5.74) is 0. The monoisotopic (exact) mass is 326 g/mol. The van der Waals surface area contributed by atoms with Crippen LogP contribution in [0.2, 0.25) is 5.02 Å². The second-order valence-electron chi connectivity index (χ2n) is 4.71. The molecule has 1 aromatic carbocycles. The smallest absolute Gasteiger partial charge is 0.307 e. The summed E-state index contributed by atoms with van der Waals surface area (Å²) in [5.74, 6) is -0.297. The number of halogens is 1. The Hall–Kier alpha value is -1.53. The molecular weight excluding hydrogens is 312 g/mol. The molecule has 2 atom stereocenters. The number of carboxylic acids is 1. The number of benzene rings is 1. The summed E-state index contributed by atoms with van der Waals surface area (Å²) in [7, 11) is 0. The minimum absolute atomic E-state index is 0.315. The van der Waals surface area contributed by atoms with Crippen LogP contribution in [-0.2, 0) is 10.5 Å². The summed E-state index contributed by atoms with van der Waals surface area (Å²) in [4.78, 5) is 16.3. The molecule has 0 spiro atoms. The third-order valence-corrected chi connectivity index (χ3v) is 4.45. The van der Waals surface area contributed by atoms with E-state index < -0.39 is 11.9 Å². The van der Waals surface area contributed by atoms with Crippen molar-refractivity contribution < 1.29 is 14.4 Å². The molecule has 21 heavy (non-hydrogen) atoms. The number of aromatic nitrogens is 2. The molecule has 0 fully saturated rings. The lowest BCUT2D eigenvalue weighted by molar-refractivity contribution is -0.141. The van der Waals surface area contributed by atoms with Crippen LogP contribution in [0.5, 0.6) is 0 Å². The zero-order valence-corrected chi connectivity index (χ0v) is 13.2. The average Bonchev–Trinajstić information content (AvgIpc) is 2.94. The number of thioether (sulfide) groups is 1. The quantitative estimate of drug-likeness (QED) is 0.813. The summed E-state index contributed by atoms with van der Waals surface area (Å²) < 4.78 is 5.15. The fraction of sp³-hybridized carbons (Fsp3) is 0.357. The lowest BCUT2D eigenvalue weighted by Gasteiger charge is -2.10. The van der Waals surface area contributed by atoms with Crippen molar-refractivity contribution in [1.82, 2.24) is 10.1 Å². The van der Waals surface area contributed by atoms with Crippen LogP contribution in [0, 0.1) is 5.92 Å². The number of rotatable bonds is 6. The van der Waals surface area contributed by atoms with E-state index in [0.717, 1.165) is 4.90 Å². The van der Waals surface area contributed by atoms with Gasteiger partial charge >= 0.3 is 5.97 Å². The first-order valence-electron chi connectivity index (χ1n) is 6.41. The van der Waals surface area contributed by atoms with Crippen LogP contribution in [0.3, 0.4) is 0 Å². The third kappa shape index (κ3) is 4.22. The van der Waals surface area contributed by atoms with Crippen molar-refractivity contribution >= 4 is 29.3 Å². The van der Waals surface area contributed by atoms with Crippen molar-refractivity contribution in [2.45, 2.75) is 30.4 Å². The van der Waals surface area contributed by atoms with Crippen molar-refractivity contribution in [2.75, 3.05) is 0 Å². The molecule has 2 unspecified atom stereocenters. The lowest BCUT2D eigenvalue weighted by atomic mass is 9.96. The lowest BCUT2D eigenvalue weighted by Crippen LogP contribution is -2.16. The molecule has 1 aromatic heterocycles. The van der Waals surface area contributed by atoms with Crippen LogP contribution in [0.1, 0.15) is 31.5 Å². The van der Waals surface area contributed by atoms with E-state index in [1.165, 1.54) is 0 Å². The molecule has 0 aliphatic heterocycles. The highest BCUT2D eigenvalue weighted by atomic mass is 35.5. The number of carboxylic acid groups (broad SMARTS) is 1. The third-order valence-electron chi connectivity index (χ3n) is 3.19. The zero-order valence-electron chi connectivity index (χ0n) is 11.6. The number of hydrogen-bond acceptors (Lipinski definition) is 5. The van der Waals surface area contributed by atoms with E-state index >= 15 is 0 Å². The molecular formula is C14H15ClN2O3S. The Bertz CT molecular complexity index is 615. The molecule has 0 aliphatic carbocycles. The molecule has 2 rings (SSSR count). The molecule has 0 aliphatic rings. The van der Waals surface area contributed by atoms with E-state index in [1.807, 2.05) is 24.3 Å². The second-order valence-corrected chi connectivity index (χ2v) is 6.19. The molecule has 1 heterocycles. The summed E-state index contributed by atoms with van der Waals surface area (Å²) >= 11 is 7.39. The van der Waals surface area contributed by atoms with E-state index in [1.54, 1.807) is 25.6 Å². The van der Waals surface area contributed by atoms with Crippen molar-refractivity contribution in [1.29, 1.82) is 0 Å². The van der Waals surface area contributed by atoms with Gasteiger partial charge in [-0.3, -0.25) is 4.79 Å². The maximum atomic E-state index is 11.0. The average molecular weight is 327 g/mol. The van der Waals surface area contributed by atoms with Crippen LogP contribution in [0.4, 0.5) is 0 Å². The maximum absolute atomic E-state index is 11.0. The van der Waals surface area contributed by atoms with Gasteiger partial charge in [-0.15, -0.1) is 11.8 Å². The molecule has 7 heteroatoms. The van der Waals surface area contributed by atoms with E-state index in [2.05, 4.69) is 10.1 Å². The highest BCUT2D eigenvalue weighted by Gasteiger charge is 2.25. The molecule has 0 amide bonds. The first kappa shape index (κ1) is 15.9. The van der Waals surface area contributed by atoms with Gasteiger partial charge in [0.15, 0.2) is 5.82 Å². The van der Waals surface area contributed by atoms with Crippen LogP contribution < -0.4 is 0 Å². The molecule has 0 saturated carbocycles. The first-order valence-corrected chi connectivity index (χ1v) is 7.77. The predicted molar refractivity (Wildman–Crippen MR) is 80.5 cm³/mol. The predicted octanol–water partition coefficient (Wildman–Crippen LogP) is 3.84. The summed E-state index contributed by atoms with van der Waals surface area (Å²) in [6.45, 7) is 3.39. The van der Waals surface area contributed by atoms with Crippen LogP contribution in [0.15, 0.2) is 33.7 Å². The van der Waals surface area contributed by atoms with Gasteiger partial charge in [0.1, 0.15) is 0 Å². The van der Waals surface area contributed by atoms with Gasteiger partial charge in [-0.1, -0.05) is 30.6 Å². The van der Waals surface area contributed by atoms with Gasteiger partial charge in [0.25, 0.3) is 0 Å². The topological polar surface area (TPSA) is 76.2 Å². The minimum Gasteiger partial charge on any atom is -0.481 e. The van der Waals surface area contributed by atoms with Crippen molar-refractivity contribution in [3.05, 3.63) is 41.0 Å². The highest BCUT2D eigenvalue weighted by molar-refractivity contribution is 7.98. The fourth-order valence-electron chi connectivity index (χ4n) is 1.62. The van der Waals surface area contributed by atoms with Crippen molar-refractivity contribution in [3.63, 3.8) is 0 Å².